The zero-order chi connectivity index (χ0) is 80.2. The van der Waals surface area contributed by atoms with E-state index < -0.39 is 113 Å². The van der Waals surface area contributed by atoms with E-state index in [1.165, 1.54) is 37.3 Å². The maximum atomic E-state index is 14.7. The van der Waals surface area contributed by atoms with Crippen molar-refractivity contribution in [3.63, 3.8) is 0 Å². The number of hydrogen-bond acceptors (Lipinski definition) is 21. The second kappa shape index (κ2) is 44.8. The van der Waals surface area contributed by atoms with Gasteiger partial charge >= 0.3 is 5.97 Å². The zero-order valence-corrected chi connectivity index (χ0v) is 61.5. The summed E-state index contributed by atoms with van der Waals surface area (Å²) in [4.78, 5) is 127. The molecule has 0 saturated heterocycles. The summed E-state index contributed by atoms with van der Waals surface area (Å²) in [7, 11) is 0. The molecule has 36 N–H and O–H groups in total. The Morgan fingerprint density at radius 1 is 0.459 bits per heavy atom. The van der Waals surface area contributed by atoms with Gasteiger partial charge in [-0.25, -0.2) is 4.79 Å². The van der Waals surface area contributed by atoms with Gasteiger partial charge in [0, 0.05) is 86.7 Å². The summed E-state index contributed by atoms with van der Waals surface area (Å²) in [6.07, 6.45) is 5.09. The predicted molar refractivity (Wildman–Crippen MR) is 411 cm³/mol. The Hall–Kier alpha value is -12.0. The lowest BCUT2D eigenvalue weighted by Crippen LogP contribution is -2.60. The smallest absolute Gasteiger partial charge is 0.340 e. The van der Waals surface area contributed by atoms with Crippen LogP contribution in [0.25, 0.3) is 0 Å². The van der Waals surface area contributed by atoms with Crippen LogP contribution in [0, 0.1) is 27.0 Å². The first-order chi connectivity index (χ1) is 52.0. The monoisotopic (exact) mass is 1540 g/mol. The first-order valence-electron chi connectivity index (χ1n) is 35.6. The second-order valence-electron chi connectivity index (χ2n) is 25.6. The molecule has 109 heavy (non-hydrogen) atoms. The van der Waals surface area contributed by atoms with Gasteiger partial charge < -0.3 is 140 Å². The number of nitrogens with two attached hydrogens (primary N) is 7. The number of thiocarbonyl (C=S) groups is 1. The standard InChI is InChI=1S/C68H105N27O13S/c1-37(88-56(101)46(14-8-29-83-63(73)74)90-53(98)24-33-87-67(109)89-38-18-21-42-41(34-38)61(106)108-68(42)43-22-19-39(96)35-51(43)107-52-36-40(97)20-23-44(52)68)54(99)91-48(15-9-30-84-64(75)76)58(103)94-50(17-11-32-86-66(79)80)60(105)95-49(16-10-31-85-65(77)78)59(104)93-47(13-3-5-26-70)57(102)92-45(12-2-4-25-69)55(100)81-27-6-7-28-82-62(71)72/h6-7,18-23,34-37,45-50,96-97H,2-5,8-17,24-33,69-70H2,1H3,(H,81,100)(H,88,101)(H,90,98)(H,91,99)(H,92,102)(H,93,104)(H,94,103)(H,95,105)(H4,71,72,82)(H4,73,74,83)(H4,75,76,84)(H4,77,78,85)(H4,79,80,86)(H2,87,89,109)/b7-6+/t37-,45-,46-,47-,48-,49-,50-/m0/s1. The van der Waals surface area contributed by atoms with E-state index in [9.17, 15) is 53.4 Å². The number of carbonyl (C=O) groups is 9. The van der Waals surface area contributed by atoms with Crippen LogP contribution >= 0.6 is 12.2 Å². The number of phenols is 2. The predicted octanol–water partition coefficient (Wildman–Crippen LogP) is -3.78. The molecule has 1 spiro atoms. The Kier molecular flexibility index (Phi) is 36.0. The molecule has 7 atom stereocenters. The average molecular weight is 1540 g/mol. The number of benzene rings is 3. The van der Waals surface area contributed by atoms with Gasteiger partial charge in [-0.1, -0.05) is 18.2 Å². The number of hydrogen-bond donors (Lipinski definition) is 29. The van der Waals surface area contributed by atoms with Crippen LogP contribution in [0.5, 0.6) is 23.0 Å². The van der Waals surface area contributed by atoms with Crippen LogP contribution in [0.1, 0.15) is 130 Å². The lowest BCUT2D eigenvalue weighted by atomic mass is 9.77. The number of amides is 8. The molecule has 0 aromatic heterocycles. The number of ether oxygens (including phenoxy) is 2. The minimum absolute atomic E-state index is 0.0289. The van der Waals surface area contributed by atoms with Gasteiger partial charge in [-0.15, -0.1) is 0 Å². The zero-order valence-electron chi connectivity index (χ0n) is 60.7. The summed E-state index contributed by atoms with van der Waals surface area (Å²) in [5.74, 6) is -8.51. The molecule has 2 aliphatic heterocycles. The van der Waals surface area contributed by atoms with E-state index in [1.807, 2.05) is 0 Å². The molecular formula is C68H105N27O13S. The number of unbranched alkanes of at least 4 members (excludes halogenated alkanes) is 2. The van der Waals surface area contributed by atoms with Crippen molar-refractivity contribution in [1.82, 2.24) is 74.4 Å². The van der Waals surface area contributed by atoms with E-state index in [2.05, 4.69) is 79.8 Å². The van der Waals surface area contributed by atoms with Crippen molar-refractivity contribution < 1.29 is 62.8 Å². The van der Waals surface area contributed by atoms with Gasteiger partial charge in [-0.05, 0) is 159 Å². The molecule has 0 aliphatic carbocycles. The molecule has 0 unspecified atom stereocenters. The highest BCUT2D eigenvalue weighted by atomic mass is 32.1. The molecule has 0 radical (unpaired) electrons. The van der Waals surface area contributed by atoms with E-state index >= 15 is 0 Å². The molecule has 0 saturated carbocycles. The third-order valence-electron chi connectivity index (χ3n) is 17.0. The van der Waals surface area contributed by atoms with Crippen LogP contribution in [0.3, 0.4) is 0 Å². The molecule has 0 bridgehead atoms. The first kappa shape index (κ1) is 87.6. The normalized spacial score (nSPS) is 14.0. The fraction of sp³-hybridized carbons (Fsp3) is 0.485. The summed E-state index contributed by atoms with van der Waals surface area (Å²) in [5, 5.41) is 99.1. The molecule has 40 nitrogen and oxygen atoms in total. The van der Waals surface area contributed by atoms with Crippen LogP contribution < -0.4 is 125 Å². The summed E-state index contributed by atoms with van der Waals surface area (Å²) in [5.41, 5.74) is 39.4. The topological polar surface area (TPSA) is 694 Å². The van der Waals surface area contributed by atoms with Gasteiger partial charge in [0.25, 0.3) is 0 Å². The van der Waals surface area contributed by atoms with Gasteiger partial charge in [0.2, 0.25) is 47.3 Å². The summed E-state index contributed by atoms with van der Waals surface area (Å²) < 4.78 is 12.2. The second-order valence-corrected chi connectivity index (χ2v) is 26.0. The molecule has 2 aliphatic rings. The lowest BCUT2D eigenvalue weighted by molar-refractivity contribution is -0.136. The van der Waals surface area contributed by atoms with E-state index in [4.69, 9.17) is 88.9 Å². The van der Waals surface area contributed by atoms with Gasteiger partial charge in [0.15, 0.2) is 40.5 Å². The minimum Gasteiger partial charge on any atom is -0.508 e. The number of rotatable bonds is 46. The number of carbonyl (C=O) groups excluding carboxylic acids is 9. The van der Waals surface area contributed by atoms with Gasteiger partial charge in [-0.2, -0.15) is 0 Å². The molecule has 3 aromatic carbocycles. The van der Waals surface area contributed by atoms with Gasteiger partial charge in [-0.3, -0.25) is 65.4 Å². The third-order valence-corrected chi connectivity index (χ3v) is 17.3. The number of nitrogens with one attached hydrogen (secondary N) is 20. The van der Waals surface area contributed by atoms with Crippen molar-refractivity contribution in [1.29, 1.82) is 27.0 Å². The van der Waals surface area contributed by atoms with E-state index in [-0.39, 0.29) is 175 Å². The molecule has 41 heteroatoms. The Balaban J connectivity index is 1.30. The fourth-order valence-corrected chi connectivity index (χ4v) is 11.8. The van der Waals surface area contributed by atoms with E-state index in [1.54, 1.807) is 36.4 Å². The highest BCUT2D eigenvalue weighted by Gasteiger charge is 2.54. The Bertz CT molecular complexity index is 3720. The van der Waals surface area contributed by atoms with Crippen LogP contribution in [0.15, 0.2) is 66.7 Å². The summed E-state index contributed by atoms with van der Waals surface area (Å²) in [6.45, 7) is 2.37. The number of aromatic hydroxyl groups is 2. The van der Waals surface area contributed by atoms with Crippen LogP contribution in [0.2, 0.25) is 0 Å². The highest BCUT2D eigenvalue weighted by Crippen LogP contribution is 2.57. The lowest BCUT2D eigenvalue weighted by Gasteiger charge is -2.36. The molecular weight excluding hydrogens is 1430 g/mol. The van der Waals surface area contributed by atoms with Crippen molar-refractivity contribution in [2.45, 2.75) is 151 Å². The number of guanidine groups is 5. The molecule has 8 amide bonds. The fourth-order valence-electron chi connectivity index (χ4n) is 11.6. The molecule has 5 rings (SSSR count). The van der Waals surface area contributed by atoms with Crippen molar-refractivity contribution in [2.75, 3.05) is 64.2 Å². The average Bonchev–Trinajstić information content (AvgIpc) is 1.59. The largest absolute Gasteiger partial charge is 0.508 e. The Morgan fingerprint density at radius 2 is 0.835 bits per heavy atom. The Labute approximate surface area is 635 Å². The summed E-state index contributed by atoms with van der Waals surface area (Å²) >= 11 is 5.55. The number of phenolic OH excluding ortho intramolecular Hbond substituents is 2. The van der Waals surface area contributed by atoms with Crippen molar-refractivity contribution in [2.24, 2.45) is 40.1 Å². The number of anilines is 1. The third kappa shape index (κ3) is 29.0. The number of fused-ring (bicyclic) bond motifs is 6. The quantitative estimate of drug-likeness (QED) is 0.00645. The van der Waals surface area contributed by atoms with Crippen LogP contribution in [-0.2, 0) is 48.7 Å². The molecule has 596 valence electrons. The first-order valence-corrected chi connectivity index (χ1v) is 36.0. The maximum absolute atomic E-state index is 14.7. The van der Waals surface area contributed by atoms with Crippen LogP contribution in [-0.4, -0.2) is 200 Å². The van der Waals surface area contributed by atoms with Gasteiger partial charge in [0.1, 0.15) is 65.3 Å². The van der Waals surface area contributed by atoms with E-state index in [0.717, 1.165) is 0 Å². The number of esters is 1. The maximum Gasteiger partial charge on any atom is 0.340 e. The van der Waals surface area contributed by atoms with Crippen molar-refractivity contribution in [3.05, 3.63) is 89.0 Å². The molecule has 0 fully saturated rings. The highest BCUT2D eigenvalue weighted by molar-refractivity contribution is 7.80. The van der Waals surface area contributed by atoms with Crippen molar-refractivity contribution >= 4 is 106 Å². The van der Waals surface area contributed by atoms with Crippen LogP contribution in [0.4, 0.5) is 5.69 Å². The minimum atomic E-state index is -1.51. The van der Waals surface area contributed by atoms with Gasteiger partial charge in [0.05, 0.1) is 5.56 Å². The SMILES string of the molecule is C[C@H](NC(=O)[C@H](CCCNC(=N)N)NC(=O)CCNC(=S)Nc1ccc2c(c1)C(=O)OC21c2ccc(O)cc2Oc2cc(O)ccc21)C(=O)N[C@@H](CCCNC(=N)N)C(=O)N[C@@H](CCCNC(=N)N)C(=O)N[C@@H](CCCNC(=N)N)C(=O)N[C@@H](CCCCN)C(=O)N[C@@H](CCCCN)C(=O)NC/C=C/CNC(=N)N. The van der Waals surface area contributed by atoms with Crippen molar-refractivity contribution in [3.8, 4) is 23.0 Å². The van der Waals surface area contributed by atoms with E-state index in [0.29, 0.717) is 54.6 Å². The summed E-state index contributed by atoms with van der Waals surface area (Å²) in [6, 6.07) is 4.23. The molecule has 2 heterocycles. The Morgan fingerprint density at radius 3 is 1.26 bits per heavy atom. The molecule has 3 aromatic rings.